The Bertz CT molecular complexity index is 1430. The topological polar surface area (TPSA) is 113 Å². The SMILES string of the molecule is CC(C)(C)NC(=O)[C@@H](c1ccc(O)cc1)N(C(=O)Cn1nnc(-c2ccc(F)cc2)n1)c1ccccc1F. The summed E-state index contributed by atoms with van der Waals surface area (Å²) in [4.78, 5) is 29.4. The smallest absolute Gasteiger partial charge is 0.251 e. The maximum Gasteiger partial charge on any atom is 0.251 e. The fourth-order valence-corrected chi connectivity index (χ4v) is 3.80. The van der Waals surface area contributed by atoms with E-state index in [9.17, 15) is 19.1 Å². The third-order valence-corrected chi connectivity index (χ3v) is 5.43. The molecule has 38 heavy (non-hydrogen) atoms. The van der Waals surface area contributed by atoms with Crippen LogP contribution in [-0.4, -0.2) is 42.7 Å². The predicted molar refractivity (Wildman–Crippen MR) is 136 cm³/mol. The highest BCUT2D eigenvalue weighted by atomic mass is 19.1. The molecule has 1 heterocycles. The zero-order valence-electron chi connectivity index (χ0n) is 21.0. The molecule has 0 aliphatic rings. The Labute approximate surface area is 217 Å². The minimum absolute atomic E-state index is 0.0346. The molecule has 3 aromatic carbocycles. The van der Waals surface area contributed by atoms with Crippen LogP contribution in [0.1, 0.15) is 32.4 Å². The molecule has 0 saturated carbocycles. The van der Waals surface area contributed by atoms with Gasteiger partial charge in [0.05, 0.1) is 5.69 Å². The van der Waals surface area contributed by atoms with Gasteiger partial charge in [0.25, 0.3) is 5.91 Å². The third kappa shape index (κ3) is 6.17. The summed E-state index contributed by atoms with van der Waals surface area (Å²) in [6.45, 7) is 4.87. The van der Waals surface area contributed by atoms with E-state index in [1.165, 1.54) is 66.7 Å². The Kier molecular flexibility index (Phi) is 7.47. The number of halogens is 2. The lowest BCUT2D eigenvalue weighted by Gasteiger charge is -2.33. The minimum atomic E-state index is -1.29. The van der Waals surface area contributed by atoms with E-state index in [0.717, 1.165) is 9.70 Å². The number of hydrogen-bond donors (Lipinski definition) is 2. The molecule has 2 amide bonds. The molecular formula is C27H26F2N6O3. The molecule has 0 bridgehead atoms. The van der Waals surface area contributed by atoms with E-state index in [2.05, 4.69) is 20.7 Å². The van der Waals surface area contributed by atoms with Crippen LogP contribution < -0.4 is 10.2 Å². The summed E-state index contributed by atoms with van der Waals surface area (Å²) in [5.74, 6) is -2.26. The molecule has 0 radical (unpaired) electrons. The summed E-state index contributed by atoms with van der Waals surface area (Å²) in [5, 5.41) is 24.7. The minimum Gasteiger partial charge on any atom is -0.508 e. The van der Waals surface area contributed by atoms with Gasteiger partial charge in [-0.2, -0.15) is 4.80 Å². The highest BCUT2D eigenvalue weighted by molar-refractivity contribution is 6.01. The second-order valence-electron chi connectivity index (χ2n) is 9.60. The van der Waals surface area contributed by atoms with Crippen molar-refractivity contribution in [1.82, 2.24) is 25.5 Å². The number of carbonyl (C=O) groups excluding carboxylic acids is 2. The van der Waals surface area contributed by atoms with Crippen LogP contribution in [0, 0.1) is 11.6 Å². The number of aromatic hydroxyl groups is 1. The van der Waals surface area contributed by atoms with Gasteiger partial charge in [-0.1, -0.05) is 24.3 Å². The number of anilines is 1. The average Bonchev–Trinajstić information content (AvgIpc) is 3.31. The normalized spacial score (nSPS) is 12.1. The zero-order valence-corrected chi connectivity index (χ0v) is 21.0. The number of para-hydroxylation sites is 1. The van der Waals surface area contributed by atoms with Crippen molar-refractivity contribution in [3.8, 4) is 17.1 Å². The number of nitrogens with zero attached hydrogens (tertiary/aromatic N) is 5. The molecule has 1 aromatic heterocycles. The number of phenols is 1. The molecule has 0 aliphatic carbocycles. The standard InChI is InChI=1S/C27H26F2N6O3/c1-27(2,3)30-26(38)24(17-10-14-20(36)15-11-17)35(22-7-5-4-6-21(22)29)23(37)16-34-32-25(31-33-34)18-8-12-19(28)13-9-18/h4-15,24,36H,16H2,1-3H3,(H,30,38)/t24-/m1/s1. The summed E-state index contributed by atoms with van der Waals surface area (Å²) in [5.41, 5.74) is 0.0501. The predicted octanol–water partition coefficient (Wildman–Crippen LogP) is 4.01. The molecule has 196 valence electrons. The molecular weight excluding hydrogens is 494 g/mol. The number of rotatable bonds is 7. The van der Waals surface area contributed by atoms with Crippen molar-refractivity contribution in [3.05, 3.63) is 90.0 Å². The summed E-state index contributed by atoms with van der Waals surface area (Å²) in [6.07, 6.45) is 0. The lowest BCUT2D eigenvalue weighted by molar-refractivity contribution is -0.128. The molecule has 0 saturated heterocycles. The van der Waals surface area contributed by atoms with Gasteiger partial charge in [0.1, 0.15) is 30.0 Å². The largest absolute Gasteiger partial charge is 0.508 e. The lowest BCUT2D eigenvalue weighted by Crippen LogP contribution is -2.50. The van der Waals surface area contributed by atoms with Crippen molar-refractivity contribution in [3.63, 3.8) is 0 Å². The molecule has 2 N–H and O–H groups in total. The van der Waals surface area contributed by atoms with Crippen LogP contribution >= 0.6 is 0 Å². The quantitative estimate of drug-likeness (QED) is 0.381. The number of aromatic nitrogens is 4. The van der Waals surface area contributed by atoms with E-state index in [4.69, 9.17) is 0 Å². The van der Waals surface area contributed by atoms with Crippen LogP contribution in [0.3, 0.4) is 0 Å². The van der Waals surface area contributed by atoms with Crippen LogP contribution in [0.2, 0.25) is 0 Å². The summed E-state index contributed by atoms with van der Waals surface area (Å²) in [7, 11) is 0. The average molecular weight is 521 g/mol. The Balaban J connectivity index is 1.75. The van der Waals surface area contributed by atoms with Crippen LogP contribution in [-0.2, 0) is 16.1 Å². The van der Waals surface area contributed by atoms with Gasteiger partial charge < -0.3 is 10.4 Å². The Morgan fingerprint density at radius 3 is 2.29 bits per heavy atom. The Morgan fingerprint density at radius 2 is 1.66 bits per heavy atom. The Hall–Kier alpha value is -4.67. The van der Waals surface area contributed by atoms with Gasteiger partial charge in [-0.15, -0.1) is 10.2 Å². The van der Waals surface area contributed by atoms with Crippen molar-refractivity contribution < 1.29 is 23.5 Å². The Morgan fingerprint density at radius 1 is 1.00 bits per heavy atom. The molecule has 0 aliphatic heterocycles. The highest BCUT2D eigenvalue weighted by Crippen LogP contribution is 2.31. The monoisotopic (exact) mass is 520 g/mol. The van der Waals surface area contributed by atoms with E-state index in [1.54, 1.807) is 26.8 Å². The van der Waals surface area contributed by atoms with Gasteiger partial charge in [0, 0.05) is 11.1 Å². The van der Waals surface area contributed by atoms with Crippen LogP contribution in [0.15, 0.2) is 72.8 Å². The van der Waals surface area contributed by atoms with Crippen molar-refractivity contribution in [2.75, 3.05) is 4.90 Å². The molecule has 4 aromatic rings. The van der Waals surface area contributed by atoms with E-state index in [0.29, 0.717) is 11.1 Å². The van der Waals surface area contributed by atoms with Crippen LogP contribution in [0.25, 0.3) is 11.4 Å². The first-order valence-electron chi connectivity index (χ1n) is 11.7. The number of benzene rings is 3. The first-order valence-corrected chi connectivity index (χ1v) is 11.7. The molecule has 9 nitrogen and oxygen atoms in total. The first kappa shape index (κ1) is 26.4. The van der Waals surface area contributed by atoms with Crippen molar-refractivity contribution >= 4 is 17.5 Å². The maximum absolute atomic E-state index is 15.1. The van der Waals surface area contributed by atoms with Gasteiger partial charge in [0.15, 0.2) is 0 Å². The van der Waals surface area contributed by atoms with E-state index < -0.39 is 41.6 Å². The lowest BCUT2D eigenvalue weighted by atomic mass is 10.0. The van der Waals surface area contributed by atoms with E-state index >= 15 is 4.39 Å². The highest BCUT2D eigenvalue weighted by Gasteiger charge is 2.36. The summed E-state index contributed by atoms with van der Waals surface area (Å²) >= 11 is 0. The summed E-state index contributed by atoms with van der Waals surface area (Å²) < 4.78 is 28.4. The third-order valence-electron chi connectivity index (χ3n) is 5.43. The van der Waals surface area contributed by atoms with Gasteiger partial charge in [-0.3, -0.25) is 14.5 Å². The first-order chi connectivity index (χ1) is 18.0. The number of amides is 2. The molecule has 4 rings (SSSR count). The fraction of sp³-hybridized carbons (Fsp3) is 0.222. The molecule has 1 atom stereocenters. The second-order valence-corrected chi connectivity index (χ2v) is 9.60. The number of nitrogens with one attached hydrogen (secondary N) is 1. The maximum atomic E-state index is 15.1. The van der Waals surface area contributed by atoms with Crippen molar-refractivity contribution in [2.45, 2.75) is 38.9 Å². The van der Waals surface area contributed by atoms with Gasteiger partial charge >= 0.3 is 0 Å². The molecule has 0 unspecified atom stereocenters. The fourth-order valence-electron chi connectivity index (χ4n) is 3.80. The van der Waals surface area contributed by atoms with Crippen LogP contribution in [0.4, 0.5) is 14.5 Å². The van der Waals surface area contributed by atoms with Gasteiger partial charge in [0.2, 0.25) is 11.7 Å². The van der Waals surface area contributed by atoms with Gasteiger partial charge in [-0.25, -0.2) is 8.78 Å². The van der Waals surface area contributed by atoms with E-state index in [-0.39, 0.29) is 17.3 Å². The second kappa shape index (κ2) is 10.8. The number of hydrogen-bond acceptors (Lipinski definition) is 6. The van der Waals surface area contributed by atoms with E-state index in [1.807, 2.05) is 0 Å². The van der Waals surface area contributed by atoms with Crippen LogP contribution in [0.5, 0.6) is 5.75 Å². The van der Waals surface area contributed by atoms with Gasteiger partial charge in [-0.05, 0) is 80.1 Å². The number of phenolic OH excluding ortho intramolecular Hbond substituents is 1. The zero-order chi connectivity index (χ0) is 27.4. The molecule has 0 spiro atoms. The summed E-state index contributed by atoms with van der Waals surface area (Å²) in [6, 6.07) is 15.5. The molecule has 0 fully saturated rings. The number of carbonyl (C=O) groups is 2. The number of tetrazole rings is 1. The van der Waals surface area contributed by atoms with Crippen molar-refractivity contribution in [1.29, 1.82) is 0 Å². The van der Waals surface area contributed by atoms with Crippen molar-refractivity contribution in [2.24, 2.45) is 0 Å². The molecule has 11 heteroatoms.